The van der Waals surface area contributed by atoms with E-state index in [1.807, 2.05) is 29.8 Å². The fourth-order valence-corrected chi connectivity index (χ4v) is 2.45. The van der Waals surface area contributed by atoms with E-state index in [1.165, 1.54) is 0 Å². The molecule has 3 rings (SSSR count). The second-order valence-corrected chi connectivity index (χ2v) is 5.47. The molecular weight excluding hydrogens is 330 g/mol. The Bertz CT molecular complexity index is 933. The minimum Gasteiger partial charge on any atom is -0.481 e. The molecule has 0 aliphatic heterocycles. The zero-order chi connectivity index (χ0) is 18.4. The van der Waals surface area contributed by atoms with Crippen LogP contribution in [-0.2, 0) is 0 Å². The second-order valence-electron chi connectivity index (χ2n) is 5.47. The third kappa shape index (κ3) is 3.72. The molecular formula is C19H21N5O2. The van der Waals surface area contributed by atoms with Crippen molar-refractivity contribution in [1.29, 1.82) is 0 Å². The molecule has 7 heteroatoms. The van der Waals surface area contributed by atoms with Crippen LogP contribution in [0, 0.1) is 0 Å². The molecule has 134 valence electrons. The molecule has 0 aliphatic rings. The maximum Gasteiger partial charge on any atom is 0.258 e. The summed E-state index contributed by atoms with van der Waals surface area (Å²) in [6.07, 6.45) is 11.5. The fraction of sp³-hybridized carbons (Fsp3) is 0.263. The summed E-state index contributed by atoms with van der Waals surface area (Å²) < 4.78 is 13.1. The monoisotopic (exact) mass is 351 g/mol. The lowest BCUT2D eigenvalue weighted by Crippen LogP contribution is -2.03. The number of hydrogen-bond acceptors (Lipinski definition) is 6. The third-order valence-electron chi connectivity index (χ3n) is 3.67. The molecule has 3 aromatic heterocycles. The quantitative estimate of drug-likeness (QED) is 0.354. The van der Waals surface area contributed by atoms with Gasteiger partial charge in [-0.1, -0.05) is 6.08 Å². The van der Waals surface area contributed by atoms with Gasteiger partial charge in [0.2, 0.25) is 11.5 Å². The minimum absolute atomic E-state index is 0.462. The van der Waals surface area contributed by atoms with Gasteiger partial charge in [-0.05, 0) is 19.4 Å². The summed E-state index contributed by atoms with van der Waals surface area (Å²) in [5, 5.41) is 0. The van der Waals surface area contributed by atoms with Crippen molar-refractivity contribution >= 4 is 11.9 Å². The first-order valence-corrected chi connectivity index (χ1v) is 8.38. The van der Waals surface area contributed by atoms with Gasteiger partial charge in [-0.15, -0.1) is 6.58 Å². The van der Waals surface area contributed by atoms with Gasteiger partial charge in [0.25, 0.3) is 5.88 Å². The number of fused-ring (bicyclic) bond motifs is 1. The Labute approximate surface area is 152 Å². The molecule has 0 unspecified atom stereocenters. The molecule has 0 fully saturated rings. The van der Waals surface area contributed by atoms with Crippen LogP contribution in [0.25, 0.3) is 16.9 Å². The molecule has 0 amide bonds. The maximum absolute atomic E-state index is 5.80. The first-order valence-electron chi connectivity index (χ1n) is 8.38. The average Bonchev–Trinajstić information content (AvgIpc) is 3.15. The van der Waals surface area contributed by atoms with Gasteiger partial charge < -0.3 is 13.9 Å². The number of ether oxygens (including phenoxy) is 2. The summed E-state index contributed by atoms with van der Waals surface area (Å²) in [5.74, 6) is 0.951. The Morgan fingerprint density at radius 3 is 2.96 bits per heavy atom. The summed E-state index contributed by atoms with van der Waals surface area (Å²) in [6.45, 7) is 6.89. The van der Waals surface area contributed by atoms with Crippen LogP contribution >= 0.6 is 0 Å². The number of nitrogens with zero attached hydrogens (tertiary/aromatic N) is 5. The van der Waals surface area contributed by atoms with Crippen molar-refractivity contribution in [2.75, 3.05) is 20.3 Å². The Kier molecular flexibility index (Phi) is 5.58. The predicted octanol–water partition coefficient (Wildman–Crippen LogP) is 3.19. The maximum atomic E-state index is 5.80. The molecule has 0 spiro atoms. The fourth-order valence-electron chi connectivity index (χ4n) is 2.45. The van der Waals surface area contributed by atoms with E-state index in [9.17, 15) is 0 Å². The molecule has 0 saturated carbocycles. The van der Waals surface area contributed by atoms with Crippen LogP contribution < -0.4 is 9.47 Å². The number of aromatic nitrogens is 4. The zero-order valence-electron chi connectivity index (χ0n) is 14.9. The van der Waals surface area contributed by atoms with Gasteiger partial charge in [-0.3, -0.25) is 4.99 Å². The molecule has 0 saturated heterocycles. The van der Waals surface area contributed by atoms with Crippen LogP contribution in [0.5, 0.6) is 11.8 Å². The normalized spacial score (nSPS) is 11.2. The lowest BCUT2D eigenvalue weighted by Gasteiger charge is -2.11. The van der Waals surface area contributed by atoms with Gasteiger partial charge >= 0.3 is 0 Å². The summed E-state index contributed by atoms with van der Waals surface area (Å²) in [6, 6.07) is 1.95. The van der Waals surface area contributed by atoms with Crippen LogP contribution in [0.15, 0.2) is 48.5 Å². The van der Waals surface area contributed by atoms with Gasteiger partial charge in [-0.25, -0.2) is 15.0 Å². The Balaban J connectivity index is 2.08. The SMILES string of the molecule is C=CCCOc1nc(-c2cc(C=NCC)cnc2OC)cn2ccnc12. The van der Waals surface area contributed by atoms with Crippen LogP contribution in [0.3, 0.4) is 0 Å². The van der Waals surface area contributed by atoms with Gasteiger partial charge in [0.05, 0.1) is 25.0 Å². The lowest BCUT2D eigenvalue weighted by atomic mass is 10.1. The summed E-state index contributed by atoms with van der Waals surface area (Å²) in [4.78, 5) is 17.6. The third-order valence-corrected chi connectivity index (χ3v) is 3.67. The Morgan fingerprint density at radius 2 is 2.19 bits per heavy atom. The first-order chi connectivity index (χ1) is 12.8. The topological polar surface area (TPSA) is 73.9 Å². The summed E-state index contributed by atoms with van der Waals surface area (Å²) in [7, 11) is 1.59. The molecule has 3 aromatic rings. The van der Waals surface area contributed by atoms with Crippen molar-refractivity contribution in [3.05, 3.63) is 49.1 Å². The van der Waals surface area contributed by atoms with E-state index < -0.39 is 0 Å². The van der Waals surface area contributed by atoms with E-state index in [1.54, 1.807) is 31.8 Å². The van der Waals surface area contributed by atoms with Crippen molar-refractivity contribution in [2.24, 2.45) is 4.99 Å². The highest BCUT2D eigenvalue weighted by atomic mass is 16.5. The van der Waals surface area contributed by atoms with Gasteiger partial charge in [-0.2, -0.15) is 0 Å². The molecule has 0 radical (unpaired) electrons. The van der Waals surface area contributed by atoms with Crippen molar-refractivity contribution in [3.8, 4) is 23.0 Å². The standard InChI is InChI=1S/C19H21N5O2/c1-4-6-9-26-19-17-21-7-8-24(17)13-16(23-19)15-10-14(11-20-5-2)12-22-18(15)25-3/h4,7-8,10-13H,1,5-6,9H2,2-3H3. The molecule has 26 heavy (non-hydrogen) atoms. The average molecular weight is 351 g/mol. The van der Waals surface area contributed by atoms with Crippen LogP contribution in [0.1, 0.15) is 18.9 Å². The molecule has 0 aliphatic carbocycles. The number of aliphatic imine (C=N–C) groups is 1. The highest BCUT2D eigenvalue weighted by Crippen LogP contribution is 2.29. The molecule has 7 nitrogen and oxygen atoms in total. The summed E-state index contributed by atoms with van der Waals surface area (Å²) >= 11 is 0. The van der Waals surface area contributed by atoms with Crippen LogP contribution in [-0.4, -0.2) is 45.8 Å². The number of hydrogen-bond donors (Lipinski definition) is 0. The Hall–Kier alpha value is -3.22. The lowest BCUT2D eigenvalue weighted by molar-refractivity contribution is 0.314. The van der Waals surface area contributed by atoms with Crippen molar-refractivity contribution in [2.45, 2.75) is 13.3 Å². The number of methoxy groups -OCH3 is 1. The predicted molar refractivity (Wildman–Crippen MR) is 101 cm³/mol. The van der Waals surface area contributed by atoms with Gasteiger partial charge in [0.15, 0.2) is 0 Å². The second kappa shape index (κ2) is 8.24. The van der Waals surface area contributed by atoms with Gasteiger partial charge in [0, 0.05) is 43.1 Å². The molecule has 0 aromatic carbocycles. The Morgan fingerprint density at radius 1 is 1.31 bits per heavy atom. The van der Waals surface area contributed by atoms with Crippen molar-refractivity contribution in [1.82, 2.24) is 19.4 Å². The smallest absolute Gasteiger partial charge is 0.258 e. The van der Waals surface area contributed by atoms with E-state index in [2.05, 4.69) is 26.5 Å². The van der Waals surface area contributed by atoms with Gasteiger partial charge in [0.1, 0.15) is 0 Å². The van der Waals surface area contributed by atoms with Crippen molar-refractivity contribution < 1.29 is 9.47 Å². The minimum atomic E-state index is 0.462. The molecule has 0 bridgehead atoms. The number of pyridine rings is 1. The van der Waals surface area contributed by atoms with Crippen LogP contribution in [0.2, 0.25) is 0 Å². The van der Waals surface area contributed by atoms with E-state index in [-0.39, 0.29) is 0 Å². The first kappa shape index (κ1) is 17.6. The largest absolute Gasteiger partial charge is 0.481 e. The highest BCUT2D eigenvalue weighted by molar-refractivity contribution is 5.82. The van der Waals surface area contributed by atoms with E-state index >= 15 is 0 Å². The van der Waals surface area contributed by atoms with E-state index in [0.29, 0.717) is 36.3 Å². The summed E-state index contributed by atoms with van der Waals surface area (Å²) in [5.41, 5.74) is 2.98. The molecule has 3 heterocycles. The number of imidazole rings is 1. The van der Waals surface area contributed by atoms with Crippen LogP contribution in [0.4, 0.5) is 0 Å². The molecule has 0 atom stereocenters. The molecule has 0 N–H and O–H groups in total. The highest BCUT2D eigenvalue weighted by Gasteiger charge is 2.15. The number of rotatable bonds is 8. The van der Waals surface area contributed by atoms with E-state index in [4.69, 9.17) is 9.47 Å². The van der Waals surface area contributed by atoms with Crippen molar-refractivity contribution in [3.63, 3.8) is 0 Å². The zero-order valence-corrected chi connectivity index (χ0v) is 14.9. The van der Waals surface area contributed by atoms with E-state index in [0.717, 1.165) is 17.5 Å².